The van der Waals surface area contributed by atoms with Crippen LogP contribution in [0.15, 0.2) is 0 Å². The number of methoxy groups -OCH3 is 1. The number of hydrogen-bond donors (Lipinski definition) is 1. The van der Waals surface area contributed by atoms with Gasteiger partial charge < -0.3 is 14.4 Å². The first-order chi connectivity index (χ1) is 6.83. The minimum absolute atomic E-state index is 0.0556. The molecule has 1 aromatic heterocycles. The Balaban J connectivity index is 2.75. The van der Waals surface area contributed by atoms with E-state index in [1.165, 1.54) is 0 Å². The number of nitrogens with zero attached hydrogens (tertiary/aromatic N) is 3. The molecule has 1 heterocycles. The van der Waals surface area contributed by atoms with Gasteiger partial charge in [0, 0.05) is 20.1 Å². The molecule has 0 aliphatic heterocycles. The number of rotatable bonds is 6. The van der Waals surface area contributed by atoms with E-state index < -0.39 is 0 Å². The van der Waals surface area contributed by atoms with Crippen molar-refractivity contribution in [3.8, 4) is 0 Å². The average Bonchev–Trinajstić information content (AvgIpc) is 2.58. The van der Waals surface area contributed by atoms with Gasteiger partial charge in [-0.1, -0.05) is 6.92 Å². The highest BCUT2D eigenvalue weighted by Gasteiger charge is 2.09. The second-order valence-corrected chi connectivity index (χ2v) is 3.09. The Morgan fingerprint density at radius 1 is 1.36 bits per heavy atom. The lowest BCUT2D eigenvalue weighted by Gasteiger charge is -2.06. The minimum Gasteiger partial charge on any atom is -0.388 e. The van der Waals surface area contributed by atoms with Gasteiger partial charge in [0.15, 0.2) is 5.82 Å². The summed E-state index contributed by atoms with van der Waals surface area (Å²) in [6.45, 7) is 3.51. The van der Waals surface area contributed by atoms with Crippen molar-refractivity contribution in [2.75, 3.05) is 13.7 Å². The van der Waals surface area contributed by atoms with Crippen molar-refractivity contribution < 1.29 is 9.84 Å². The van der Waals surface area contributed by atoms with E-state index in [4.69, 9.17) is 9.84 Å². The number of hydrogen-bond acceptors (Lipinski definition) is 4. The normalized spacial score (nSPS) is 10.8. The van der Waals surface area contributed by atoms with E-state index in [1.807, 2.05) is 4.57 Å². The van der Waals surface area contributed by atoms with E-state index in [2.05, 4.69) is 17.1 Å². The van der Waals surface area contributed by atoms with Crippen molar-refractivity contribution in [1.29, 1.82) is 0 Å². The monoisotopic (exact) mass is 199 g/mol. The molecule has 0 saturated heterocycles. The smallest absolute Gasteiger partial charge is 0.158 e. The summed E-state index contributed by atoms with van der Waals surface area (Å²) in [5, 5.41) is 17.0. The van der Waals surface area contributed by atoms with Gasteiger partial charge >= 0.3 is 0 Å². The summed E-state index contributed by atoms with van der Waals surface area (Å²) in [6.07, 6.45) is 1.74. The zero-order valence-corrected chi connectivity index (χ0v) is 8.73. The molecule has 0 aromatic carbocycles. The van der Waals surface area contributed by atoms with Crippen molar-refractivity contribution in [3.63, 3.8) is 0 Å². The third-order valence-corrected chi connectivity index (χ3v) is 2.02. The Hall–Kier alpha value is -0.940. The number of aliphatic hydroxyl groups is 1. The predicted molar refractivity (Wildman–Crippen MR) is 51.8 cm³/mol. The molecule has 1 rings (SSSR count). The Morgan fingerprint density at radius 2 is 2.07 bits per heavy atom. The van der Waals surface area contributed by atoms with Crippen LogP contribution in [-0.4, -0.2) is 33.6 Å². The first-order valence-corrected chi connectivity index (χ1v) is 4.84. The van der Waals surface area contributed by atoms with Gasteiger partial charge in [-0.3, -0.25) is 0 Å². The highest BCUT2D eigenvalue weighted by molar-refractivity contribution is 4.95. The first kappa shape index (κ1) is 11.1. The Morgan fingerprint density at radius 3 is 2.64 bits per heavy atom. The number of ether oxygens (including phenoxy) is 1. The fourth-order valence-electron chi connectivity index (χ4n) is 1.35. The molecule has 0 atom stereocenters. The van der Waals surface area contributed by atoms with Gasteiger partial charge in [0.25, 0.3) is 0 Å². The summed E-state index contributed by atoms with van der Waals surface area (Å²) in [6, 6.07) is 0. The molecule has 0 saturated carbocycles. The Bertz CT molecular complexity index is 273. The quantitative estimate of drug-likeness (QED) is 0.719. The molecule has 0 amide bonds. The summed E-state index contributed by atoms with van der Waals surface area (Å²) in [5.74, 6) is 1.52. The minimum atomic E-state index is -0.0556. The van der Waals surface area contributed by atoms with E-state index in [0.717, 1.165) is 25.2 Å². The largest absolute Gasteiger partial charge is 0.388 e. The average molecular weight is 199 g/mol. The standard InChI is InChI=1S/C9H17N3O2/c1-3-5-12-8(4-6-14-2)10-11-9(12)7-13/h13H,3-7H2,1-2H3. The van der Waals surface area contributed by atoms with E-state index in [1.54, 1.807) is 7.11 Å². The van der Waals surface area contributed by atoms with Crippen LogP contribution in [0.5, 0.6) is 0 Å². The SMILES string of the molecule is CCCn1c(CO)nnc1CCOC. The van der Waals surface area contributed by atoms with Crippen molar-refractivity contribution in [1.82, 2.24) is 14.8 Å². The lowest BCUT2D eigenvalue weighted by atomic mass is 10.4. The molecule has 5 nitrogen and oxygen atoms in total. The van der Waals surface area contributed by atoms with Gasteiger partial charge in [-0.25, -0.2) is 0 Å². The maximum atomic E-state index is 9.03. The molecule has 1 N–H and O–H groups in total. The van der Waals surface area contributed by atoms with Crippen LogP contribution in [0.25, 0.3) is 0 Å². The summed E-state index contributed by atoms with van der Waals surface area (Å²) < 4.78 is 6.94. The molecule has 0 unspecified atom stereocenters. The Labute approximate surface area is 83.7 Å². The predicted octanol–water partition coefficient (Wildman–Crippen LogP) is 0.369. The molecule has 80 valence electrons. The molecule has 0 aliphatic carbocycles. The van der Waals surface area contributed by atoms with Crippen LogP contribution in [0.1, 0.15) is 25.0 Å². The molecule has 14 heavy (non-hydrogen) atoms. The second kappa shape index (κ2) is 5.72. The van der Waals surface area contributed by atoms with Gasteiger partial charge in [0.2, 0.25) is 0 Å². The molecular weight excluding hydrogens is 182 g/mol. The molecule has 5 heteroatoms. The molecule has 1 aromatic rings. The highest BCUT2D eigenvalue weighted by atomic mass is 16.5. The zero-order valence-electron chi connectivity index (χ0n) is 8.73. The van der Waals surface area contributed by atoms with Gasteiger partial charge in [-0.05, 0) is 6.42 Å². The molecular formula is C9H17N3O2. The van der Waals surface area contributed by atoms with Gasteiger partial charge in [0.05, 0.1) is 6.61 Å². The van der Waals surface area contributed by atoms with Crippen LogP contribution in [0.3, 0.4) is 0 Å². The maximum Gasteiger partial charge on any atom is 0.158 e. The molecule has 0 spiro atoms. The van der Waals surface area contributed by atoms with Crippen LogP contribution in [-0.2, 0) is 24.3 Å². The van der Waals surface area contributed by atoms with Gasteiger partial charge in [-0.2, -0.15) is 0 Å². The molecule has 0 aliphatic rings. The van der Waals surface area contributed by atoms with Crippen molar-refractivity contribution in [2.24, 2.45) is 0 Å². The number of aromatic nitrogens is 3. The lowest BCUT2D eigenvalue weighted by Crippen LogP contribution is -2.09. The second-order valence-electron chi connectivity index (χ2n) is 3.09. The highest BCUT2D eigenvalue weighted by Crippen LogP contribution is 2.04. The van der Waals surface area contributed by atoms with E-state index in [-0.39, 0.29) is 6.61 Å². The molecule has 0 fully saturated rings. The third-order valence-electron chi connectivity index (χ3n) is 2.02. The number of aliphatic hydroxyl groups excluding tert-OH is 1. The zero-order chi connectivity index (χ0) is 10.4. The van der Waals surface area contributed by atoms with Crippen LogP contribution in [0.4, 0.5) is 0 Å². The van der Waals surface area contributed by atoms with Crippen LogP contribution >= 0.6 is 0 Å². The summed E-state index contributed by atoms with van der Waals surface area (Å²) >= 11 is 0. The summed E-state index contributed by atoms with van der Waals surface area (Å²) in [4.78, 5) is 0. The third kappa shape index (κ3) is 2.52. The van der Waals surface area contributed by atoms with Crippen LogP contribution in [0.2, 0.25) is 0 Å². The van der Waals surface area contributed by atoms with Crippen LogP contribution in [0, 0.1) is 0 Å². The van der Waals surface area contributed by atoms with Crippen molar-refractivity contribution in [3.05, 3.63) is 11.6 Å². The van der Waals surface area contributed by atoms with Crippen LogP contribution < -0.4 is 0 Å². The fraction of sp³-hybridized carbons (Fsp3) is 0.778. The topological polar surface area (TPSA) is 60.2 Å². The van der Waals surface area contributed by atoms with E-state index in [9.17, 15) is 0 Å². The summed E-state index contributed by atoms with van der Waals surface area (Å²) in [5.41, 5.74) is 0. The van der Waals surface area contributed by atoms with Crippen molar-refractivity contribution >= 4 is 0 Å². The van der Waals surface area contributed by atoms with E-state index >= 15 is 0 Å². The summed E-state index contributed by atoms with van der Waals surface area (Å²) in [7, 11) is 1.66. The maximum absolute atomic E-state index is 9.03. The molecule has 0 bridgehead atoms. The fourth-order valence-corrected chi connectivity index (χ4v) is 1.35. The van der Waals surface area contributed by atoms with E-state index in [0.29, 0.717) is 12.4 Å². The lowest BCUT2D eigenvalue weighted by molar-refractivity contribution is 0.199. The van der Waals surface area contributed by atoms with Crippen molar-refractivity contribution in [2.45, 2.75) is 32.9 Å². The van der Waals surface area contributed by atoms with Gasteiger partial charge in [-0.15, -0.1) is 10.2 Å². The Kier molecular flexibility index (Phi) is 4.55. The first-order valence-electron chi connectivity index (χ1n) is 4.84. The molecule has 0 radical (unpaired) electrons. The van der Waals surface area contributed by atoms with Gasteiger partial charge in [0.1, 0.15) is 12.4 Å².